The smallest absolute Gasteiger partial charge is 0.410 e. The number of benzene rings is 2. The fourth-order valence-electron chi connectivity index (χ4n) is 3.12. The van der Waals surface area contributed by atoms with Crippen molar-refractivity contribution in [3.05, 3.63) is 71.8 Å². The minimum Gasteiger partial charge on any atom is -0.445 e. The predicted molar refractivity (Wildman–Crippen MR) is 144 cm³/mol. The summed E-state index contributed by atoms with van der Waals surface area (Å²) >= 11 is 4.62. The van der Waals surface area contributed by atoms with Crippen LogP contribution in [0.4, 0.5) is 9.59 Å². The lowest BCUT2D eigenvalue weighted by Gasteiger charge is -2.37. The Balaban J connectivity index is 0.000000230. The molecule has 11 heteroatoms. The molecule has 0 aliphatic carbocycles. The van der Waals surface area contributed by atoms with Crippen LogP contribution in [-0.4, -0.2) is 74.9 Å². The van der Waals surface area contributed by atoms with Crippen molar-refractivity contribution in [2.45, 2.75) is 38.4 Å². The van der Waals surface area contributed by atoms with E-state index in [0.717, 1.165) is 11.1 Å². The Kier molecular flexibility index (Phi) is 13.0. The van der Waals surface area contributed by atoms with Gasteiger partial charge in [-0.1, -0.05) is 72.4 Å². The summed E-state index contributed by atoms with van der Waals surface area (Å²) in [6.07, 6.45) is -1.04. The van der Waals surface area contributed by atoms with Gasteiger partial charge in [-0.25, -0.2) is 9.59 Å². The van der Waals surface area contributed by atoms with E-state index in [1.807, 2.05) is 60.7 Å². The maximum absolute atomic E-state index is 11.6. The molecule has 0 aromatic heterocycles. The lowest BCUT2D eigenvalue weighted by Crippen LogP contribution is -2.53. The summed E-state index contributed by atoms with van der Waals surface area (Å²) in [6.45, 7) is 5.47. The number of carbonyl (C=O) groups excluding carboxylic acids is 4. The molecule has 37 heavy (non-hydrogen) atoms. The van der Waals surface area contributed by atoms with Crippen LogP contribution >= 0.6 is 24.4 Å². The molecule has 2 aromatic carbocycles. The lowest BCUT2D eigenvalue weighted by molar-refractivity contribution is -0.109. The van der Waals surface area contributed by atoms with Crippen molar-refractivity contribution >= 4 is 46.8 Å². The van der Waals surface area contributed by atoms with Crippen molar-refractivity contribution in [3.8, 4) is 0 Å². The van der Waals surface area contributed by atoms with Gasteiger partial charge < -0.3 is 24.4 Å². The molecule has 2 fully saturated rings. The number of amides is 2. The van der Waals surface area contributed by atoms with Crippen molar-refractivity contribution in [1.82, 2.24) is 9.80 Å². The van der Waals surface area contributed by atoms with Crippen molar-refractivity contribution in [1.29, 1.82) is 0 Å². The molecule has 200 valence electrons. The van der Waals surface area contributed by atoms with Gasteiger partial charge in [0.15, 0.2) is 10.2 Å². The molecular weight excluding hydrogens is 516 g/mol. The summed E-state index contributed by atoms with van der Waals surface area (Å²) in [7, 11) is 0. The molecule has 9 nitrogen and oxygen atoms in total. The van der Waals surface area contributed by atoms with Crippen molar-refractivity contribution in [2.75, 3.05) is 26.2 Å². The van der Waals surface area contributed by atoms with Crippen LogP contribution in [0, 0.1) is 0 Å². The monoisotopic (exact) mass is 548 g/mol. The second-order valence-corrected chi connectivity index (χ2v) is 10.4. The summed E-state index contributed by atoms with van der Waals surface area (Å²) in [5.74, 6) is 0. The number of rotatable bonds is 5. The summed E-state index contributed by atoms with van der Waals surface area (Å²) < 4.78 is 10.2. The quantitative estimate of drug-likeness (QED) is 0.544. The third-order valence-electron chi connectivity index (χ3n) is 4.97. The number of aliphatic hydroxyl groups excluding tert-OH is 1. The van der Waals surface area contributed by atoms with Gasteiger partial charge in [0.2, 0.25) is 0 Å². The molecule has 0 bridgehead atoms. The third kappa shape index (κ3) is 12.2. The molecular formula is C26H32N2O7S2. The van der Waals surface area contributed by atoms with Gasteiger partial charge in [0.05, 0.1) is 19.2 Å². The SMILES string of the molecule is CC(=O)S.CC(=O)SC1CN(C(=O)OCc2ccccc2)C1.O=C(OCc1ccccc1)N1CC(O)C1. The number of thioether (sulfide) groups is 1. The first-order chi connectivity index (χ1) is 17.6. The maximum Gasteiger partial charge on any atom is 0.410 e. The average molecular weight is 549 g/mol. The number of hydrogen-bond acceptors (Lipinski definition) is 8. The molecule has 2 heterocycles. The van der Waals surface area contributed by atoms with E-state index in [0.29, 0.717) is 32.8 Å². The Hall–Kier alpha value is -3.02. The first-order valence-corrected chi connectivity index (χ1v) is 12.9. The minimum absolute atomic E-state index is 0.0947. The number of hydrogen-bond donors (Lipinski definition) is 2. The van der Waals surface area contributed by atoms with Gasteiger partial charge in [0.1, 0.15) is 13.2 Å². The van der Waals surface area contributed by atoms with Crippen LogP contribution in [0.25, 0.3) is 0 Å². The Morgan fingerprint density at radius 3 is 1.54 bits per heavy atom. The standard InChI is InChI=1S/C13H15NO3S.C11H13NO3.C2H4OS/c1-10(15)18-12-7-14(8-12)13(16)17-9-11-5-3-2-4-6-11;13-10-6-12(7-10)11(14)15-8-9-4-2-1-3-5-9;1-2(3)4/h2-6,12H,7-9H2,1H3;1-5,10,13H,6-8H2;1H3,(H,3,4). The summed E-state index contributed by atoms with van der Waals surface area (Å²) in [5, 5.41) is 9.19. The van der Waals surface area contributed by atoms with E-state index in [-0.39, 0.29) is 40.4 Å². The maximum atomic E-state index is 11.6. The first-order valence-electron chi connectivity index (χ1n) is 11.6. The van der Waals surface area contributed by atoms with E-state index in [9.17, 15) is 19.2 Å². The zero-order valence-electron chi connectivity index (χ0n) is 20.8. The van der Waals surface area contributed by atoms with Crippen molar-refractivity contribution in [3.63, 3.8) is 0 Å². The predicted octanol–water partition coefficient (Wildman–Crippen LogP) is 3.75. The van der Waals surface area contributed by atoms with Crippen molar-refractivity contribution in [2.24, 2.45) is 0 Å². The highest BCUT2D eigenvalue weighted by atomic mass is 32.2. The van der Waals surface area contributed by atoms with Crippen LogP contribution in [-0.2, 0) is 32.3 Å². The number of aliphatic hydroxyl groups is 1. The largest absolute Gasteiger partial charge is 0.445 e. The van der Waals surface area contributed by atoms with Crippen LogP contribution < -0.4 is 0 Å². The van der Waals surface area contributed by atoms with Crippen LogP contribution in [0.1, 0.15) is 25.0 Å². The number of nitrogens with zero attached hydrogens (tertiary/aromatic N) is 2. The van der Waals surface area contributed by atoms with Gasteiger partial charge in [-0.3, -0.25) is 9.59 Å². The topological polar surface area (TPSA) is 113 Å². The van der Waals surface area contributed by atoms with Crippen molar-refractivity contribution < 1.29 is 33.8 Å². The van der Waals surface area contributed by atoms with Gasteiger partial charge in [-0.15, -0.1) is 12.6 Å². The molecule has 2 aromatic rings. The van der Waals surface area contributed by atoms with E-state index >= 15 is 0 Å². The van der Waals surface area contributed by atoms with E-state index < -0.39 is 0 Å². The molecule has 0 spiro atoms. The second-order valence-electron chi connectivity index (χ2n) is 8.29. The molecule has 2 aliphatic rings. The number of β-amino-alcohol motifs (C(OH)–C–C–N with tert-alkyl or cyclic N) is 1. The zero-order chi connectivity index (χ0) is 27.2. The molecule has 2 amide bonds. The van der Waals surface area contributed by atoms with E-state index in [4.69, 9.17) is 14.6 Å². The number of thiol groups is 1. The lowest BCUT2D eigenvalue weighted by atomic mass is 10.2. The van der Waals surface area contributed by atoms with Gasteiger partial charge in [-0.05, 0) is 11.1 Å². The van der Waals surface area contributed by atoms with Gasteiger partial charge >= 0.3 is 12.2 Å². The molecule has 1 N–H and O–H groups in total. The number of ether oxygens (including phenoxy) is 2. The normalized spacial score (nSPS) is 14.5. The molecule has 0 radical (unpaired) electrons. The summed E-state index contributed by atoms with van der Waals surface area (Å²) in [5.41, 5.74) is 1.94. The Morgan fingerprint density at radius 2 is 1.19 bits per heavy atom. The van der Waals surface area contributed by atoms with E-state index in [1.165, 1.54) is 23.6 Å². The Bertz CT molecular complexity index is 1010. The van der Waals surface area contributed by atoms with Gasteiger partial charge in [-0.2, -0.15) is 0 Å². The molecule has 4 rings (SSSR count). The number of likely N-dealkylation sites (tertiary alicyclic amines) is 2. The second kappa shape index (κ2) is 16.0. The van der Waals surface area contributed by atoms with E-state index in [1.54, 1.807) is 11.8 Å². The Morgan fingerprint density at radius 1 is 0.811 bits per heavy atom. The van der Waals surface area contributed by atoms with Crippen LogP contribution in [0.2, 0.25) is 0 Å². The molecule has 2 saturated heterocycles. The average Bonchev–Trinajstić information content (AvgIpc) is 2.82. The van der Waals surface area contributed by atoms with Crippen LogP contribution in [0.3, 0.4) is 0 Å². The molecule has 0 saturated carbocycles. The molecule has 0 atom stereocenters. The fraction of sp³-hybridized carbons (Fsp3) is 0.385. The minimum atomic E-state index is -0.380. The molecule has 2 aliphatic heterocycles. The van der Waals surface area contributed by atoms with Gasteiger partial charge in [0.25, 0.3) is 0 Å². The molecule has 0 unspecified atom stereocenters. The summed E-state index contributed by atoms with van der Waals surface area (Å²) in [6, 6.07) is 19.1. The third-order valence-corrected chi connectivity index (χ3v) is 5.93. The zero-order valence-corrected chi connectivity index (χ0v) is 22.5. The van der Waals surface area contributed by atoms with Gasteiger partial charge in [0, 0.05) is 32.2 Å². The Labute approximate surface area is 226 Å². The van der Waals surface area contributed by atoms with Crippen LogP contribution in [0.15, 0.2) is 60.7 Å². The first kappa shape index (κ1) is 30.2. The highest BCUT2D eigenvalue weighted by molar-refractivity contribution is 8.14. The fourth-order valence-corrected chi connectivity index (χ4v) is 4.10. The highest BCUT2D eigenvalue weighted by Crippen LogP contribution is 2.23. The van der Waals surface area contributed by atoms with Crippen LogP contribution in [0.5, 0.6) is 0 Å². The number of carbonyl (C=O) groups is 4. The van der Waals surface area contributed by atoms with E-state index in [2.05, 4.69) is 12.6 Å². The summed E-state index contributed by atoms with van der Waals surface area (Å²) in [4.78, 5) is 46.2. The highest BCUT2D eigenvalue weighted by Gasteiger charge is 2.33.